The number of nitrogens with one attached hydrogen (secondary N) is 1. The molecule has 0 bridgehead atoms. The van der Waals surface area contributed by atoms with Crippen LogP contribution in [0.1, 0.15) is 78.6 Å². The van der Waals surface area contributed by atoms with Crippen molar-refractivity contribution in [3.8, 4) is 0 Å². The van der Waals surface area contributed by atoms with Gasteiger partial charge in [-0.1, -0.05) is 13.8 Å². The van der Waals surface area contributed by atoms with Crippen LogP contribution >= 0.6 is 0 Å². The molecular formula is C22H37NO2. The van der Waals surface area contributed by atoms with E-state index in [9.17, 15) is 9.90 Å². The molecule has 4 aliphatic rings. The van der Waals surface area contributed by atoms with Crippen molar-refractivity contribution in [2.75, 3.05) is 6.54 Å². The molecule has 2 unspecified atom stereocenters. The fourth-order valence-electron chi connectivity index (χ4n) is 7.89. The van der Waals surface area contributed by atoms with Gasteiger partial charge in [-0.3, -0.25) is 4.79 Å². The second-order valence-corrected chi connectivity index (χ2v) is 10.5. The molecule has 2 N–H and O–H groups in total. The van der Waals surface area contributed by atoms with Gasteiger partial charge in [0.05, 0.1) is 6.10 Å². The number of carbonyl (C=O) groups excluding carboxylic acids is 1. The Labute approximate surface area is 153 Å². The summed E-state index contributed by atoms with van der Waals surface area (Å²) in [6.45, 7) is 7.62. The maximum atomic E-state index is 11.3. The number of hydrogen-bond acceptors (Lipinski definition) is 2. The lowest BCUT2D eigenvalue weighted by Gasteiger charge is -2.60. The van der Waals surface area contributed by atoms with Crippen molar-refractivity contribution in [2.45, 2.75) is 84.7 Å². The molecule has 0 spiro atoms. The van der Waals surface area contributed by atoms with Gasteiger partial charge >= 0.3 is 0 Å². The highest BCUT2D eigenvalue weighted by molar-refractivity contribution is 5.72. The van der Waals surface area contributed by atoms with E-state index in [1.165, 1.54) is 44.9 Å². The van der Waals surface area contributed by atoms with Gasteiger partial charge in [-0.15, -0.1) is 0 Å². The SMILES string of the molecule is CC(=O)NCC1C[C@H]2[C@@H]3CC[C@H]4CC(O)CC[C@]4(C)[C@H]3CC[C@]2(C)C1. The summed E-state index contributed by atoms with van der Waals surface area (Å²) in [5, 5.41) is 13.2. The van der Waals surface area contributed by atoms with E-state index in [0.717, 1.165) is 43.1 Å². The predicted molar refractivity (Wildman–Crippen MR) is 99.9 cm³/mol. The van der Waals surface area contributed by atoms with Crippen LogP contribution in [0.15, 0.2) is 0 Å². The summed E-state index contributed by atoms with van der Waals surface area (Å²) in [6.07, 6.45) is 11.4. The molecule has 0 aromatic heterocycles. The van der Waals surface area contributed by atoms with Crippen molar-refractivity contribution >= 4 is 5.91 Å². The molecule has 4 fully saturated rings. The molecule has 3 nitrogen and oxygen atoms in total. The summed E-state index contributed by atoms with van der Waals surface area (Å²) in [5.41, 5.74) is 0.973. The van der Waals surface area contributed by atoms with Crippen LogP contribution < -0.4 is 5.32 Å². The molecular weight excluding hydrogens is 310 g/mol. The molecule has 8 atom stereocenters. The van der Waals surface area contributed by atoms with E-state index in [2.05, 4.69) is 19.2 Å². The lowest BCUT2D eigenvalue weighted by molar-refractivity contribution is -0.120. The van der Waals surface area contributed by atoms with Gasteiger partial charge in [0.1, 0.15) is 0 Å². The average Bonchev–Trinajstić information content (AvgIpc) is 2.90. The van der Waals surface area contributed by atoms with E-state index in [1.54, 1.807) is 6.92 Å². The quantitative estimate of drug-likeness (QED) is 0.788. The second-order valence-electron chi connectivity index (χ2n) is 10.5. The fourth-order valence-corrected chi connectivity index (χ4v) is 7.89. The van der Waals surface area contributed by atoms with Crippen molar-refractivity contribution in [3.05, 3.63) is 0 Å². The summed E-state index contributed by atoms with van der Waals surface area (Å²) in [6, 6.07) is 0. The predicted octanol–water partition coefficient (Wildman–Crippen LogP) is 4.14. The zero-order valence-corrected chi connectivity index (χ0v) is 16.4. The summed E-state index contributed by atoms with van der Waals surface area (Å²) >= 11 is 0. The van der Waals surface area contributed by atoms with Crippen LogP contribution in [0.2, 0.25) is 0 Å². The first kappa shape index (κ1) is 17.8. The molecule has 3 heteroatoms. The van der Waals surface area contributed by atoms with Crippen LogP contribution in [0, 0.1) is 40.4 Å². The first-order valence-corrected chi connectivity index (χ1v) is 10.7. The van der Waals surface area contributed by atoms with Gasteiger partial charge in [0.25, 0.3) is 0 Å². The lowest BCUT2D eigenvalue weighted by Crippen LogP contribution is -2.53. The van der Waals surface area contributed by atoms with Gasteiger partial charge in [0, 0.05) is 13.5 Å². The van der Waals surface area contributed by atoms with Gasteiger partial charge < -0.3 is 10.4 Å². The minimum Gasteiger partial charge on any atom is -0.393 e. The maximum Gasteiger partial charge on any atom is 0.216 e. The van der Waals surface area contributed by atoms with Gasteiger partial charge in [-0.05, 0) is 98.2 Å². The van der Waals surface area contributed by atoms with Crippen LogP contribution in [0.3, 0.4) is 0 Å². The van der Waals surface area contributed by atoms with Crippen molar-refractivity contribution in [1.82, 2.24) is 5.32 Å². The molecule has 4 rings (SSSR count). The van der Waals surface area contributed by atoms with Crippen molar-refractivity contribution in [3.63, 3.8) is 0 Å². The van der Waals surface area contributed by atoms with Crippen LogP contribution in [0.4, 0.5) is 0 Å². The Balaban J connectivity index is 1.51. The second kappa shape index (κ2) is 6.25. The zero-order chi connectivity index (χ0) is 17.8. The monoisotopic (exact) mass is 347 g/mol. The minimum absolute atomic E-state index is 0.0444. The van der Waals surface area contributed by atoms with Crippen LogP contribution in [-0.4, -0.2) is 23.7 Å². The third kappa shape index (κ3) is 2.95. The Kier molecular flexibility index (Phi) is 4.46. The highest BCUT2D eigenvalue weighted by Crippen LogP contribution is 2.66. The summed E-state index contributed by atoms with van der Waals surface area (Å²) < 4.78 is 0. The topological polar surface area (TPSA) is 49.3 Å². The molecule has 4 saturated carbocycles. The Morgan fingerprint density at radius 2 is 1.88 bits per heavy atom. The Morgan fingerprint density at radius 1 is 1.08 bits per heavy atom. The summed E-state index contributed by atoms with van der Waals surface area (Å²) in [5.74, 6) is 4.16. The minimum atomic E-state index is -0.0444. The normalized spacial score (nSPS) is 52.0. The van der Waals surface area contributed by atoms with Crippen LogP contribution in [0.5, 0.6) is 0 Å². The van der Waals surface area contributed by atoms with Gasteiger partial charge in [-0.2, -0.15) is 0 Å². The number of aliphatic hydroxyl groups is 1. The molecule has 0 radical (unpaired) electrons. The number of rotatable bonds is 2. The molecule has 0 saturated heterocycles. The first-order chi connectivity index (χ1) is 11.8. The number of fused-ring (bicyclic) bond motifs is 5. The van der Waals surface area contributed by atoms with Gasteiger partial charge in [0.2, 0.25) is 5.91 Å². The number of aliphatic hydroxyl groups excluding tert-OH is 1. The smallest absolute Gasteiger partial charge is 0.216 e. The fraction of sp³-hybridized carbons (Fsp3) is 0.955. The first-order valence-electron chi connectivity index (χ1n) is 10.7. The molecule has 0 heterocycles. The Hall–Kier alpha value is -0.570. The van der Waals surface area contributed by atoms with Crippen LogP contribution in [-0.2, 0) is 4.79 Å². The largest absolute Gasteiger partial charge is 0.393 e. The molecule has 1 amide bonds. The average molecular weight is 348 g/mol. The van der Waals surface area contributed by atoms with E-state index in [4.69, 9.17) is 0 Å². The van der Waals surface area contributed by atoms with Crippen molar-refractivity contribution < 1.29 is 9.90 Å². The van der Waals surface area contributed by atoms with Gasteiger partial charge in [-0.25, -0.2) is 0 Å². The standard InChI is InChI=1S/C22H37NO2/c1-14(24)23-13-15-10-20-18-5-4-16-11-17(25)6-9-22(16,3)19(18)7-8-21(20,2)12-15/h15-20,25H,4-13H2,1-3H3,(H,23,24)/t15?,16-,17?,18+,19-,20-,21+,22-/m0/s1. The van der Waals surface area contributed by atoms with Crippen molar-refractivity contribution in [2.24, 2.45) is 40.4 Å². The molecule has 0 aromatic carbocycles. The van der Waals surface area contributed by atoms with E-state index < -0.39 is 0 Å². The third-order valence-electron chi connectivity index (χ3n) is 9.14. The number of carbonyl (C=O) groups is 1. The third-order valence-corrected chi connectivity index (χ3v) is 9.14. The zero-order valence-electron chi connectivity index (χ0n) is 16.4. The van der Waals surface area contributed by atoms with E-state index in [-0.39, 0.29) is 12.0 Å². The van der Waals surface area contributed by atoms with Crippen LogP contribution in [0.25, 0.3) is 0 Å². The molecule has 0 aliphatic heterocycles. The number of amides is 1. The molecule has 0 aromatic rings. The Morgan fingerprint density at radius 3 is 2.64 bits per heavy atom. The van der Waals surface area contributed by atoms with E-state index in [0.29, 0.717) is 16.7 Å². The summed E-state index contributed by atoms with van der Waals surface area (Å²) in [7, 11) is 0. The summed E-state index contributed by atoms with van der Waals surface area (Å²) in [4.78, 5) is 11.3. The van der Waals surface area contributed by atoms with Gasteiger partial charge in [0.15, 0.2) is 0 Å². The molecule has 4 aliphatic carbocycles. The highest BCUT2D eigenvalue weighted by atomic mass is 16.3. The van der Waals surface area contributed by atoms with Crippen molar-refractivity contribution in [1.29, 1.82) is 0 Å². The molecule has 25 heavy (non-hydrogen) atoms. The maximum absolute atomic E-state index is 11.3. The molecule has 142 valence electrons. The highest BCUT2D eigenvalue weighted by Gasteiger charge is 2.59. The van der Waals surface area contributed by atoms with E-state index in [1.807, 2.05) is 0 Å². The van der Waals surface area contributed by atoms with E-state index >= 15 is 0 Å². The lowest BCUT2D eigenvalue weighted by atomic mass is 9.45. The Bertz CT molecular complexity index is 534. The number of hydrogen-bond donors (Lipinski definition) is 2.